The summed E-state index contributed by atoms with van der Waals surface area (Å²) < 4.78 is 14.7. The highest BCUT2D eigenvalue weighted by molar-refractivity contribution is 5.50. The Bertz CT molecular complexity index is 733. The van der Waals surface area contributed by atoms with Gasteiger partial charge in [-0.1, -0.05) is 18.2 Å². The van der Waals surface area contributed by atoms with Crippen LogP contribution in [0.2, 0.25) is 0 Å². The molecule has 0 fully saturated rings. The largest absolute Gasteiger partial charge is 0.346 e. The number of rotatable bonds is 3. The van der Waals surface area contributed by atoms with Crippen molar-refractivity contribution in [3.63, 3.8) is 0 Å². The van der Waals surface area contributed by atoms with Gasteiger partial charge >= 0.3 is 0 Å². The van der Waals surface area contributed by atoms with Gasteiger partial charge in [-0.15, -0.1) is 5.10 Å². The summed E-state index contributed by atoms with van der Waals surface area (Å²) in [6, 6.07) is 10.4. The molecule has 0 aliphatic rings. The van der Waals surface area contributed by atoms with Crippen molar-refractivity contribution in [2.75, 3.05) is 5.32 Å². The van der Waals surface area contributed by atoms with Crippen LogP contribution in [-0.4, -0.2) is 14.6 Å². The van der Waals surface area contributed by atoms with Crippen molar-refractivity contribution in [3.8, 4) is 0 Å². The van der Waals surface area contributed by atoms with E-state index in [1.165, 1.54) is 12.1 Å². The molecular weight excluding hydrogens is 255 g/mol. The van der Waals surface area contributed by atoms with Crippen molar-refractivity contribution >= 4 is 11.6 Å². The van der Waals surface area contributed by atoms with Gasteiger partial charge in [-0.05, 0) is 43.2 Å². The zero-order valence-corrected chi connectivity index (χ0v) is 11.3. The number of hydrogen-bond acceptors (Lipinski definition) is 3. The number of pyridine rings is 1. The Hall–Kier alpha value is -2.43. The van der Waals surface area contributed by atoms with E-state index in [0.29, 0.717) is 5.95 Å². The normalized spacial score (nSPS) is 12.6. The van der Waals surface area contributed by atoms with Gasteiger partial charge in [0.05, 0.1) is 6.04 Å². The van der Waals surface area contributed by atoms with E-state index < -0.39 is 0 Å². The third kappa shape index (κ3) is 2.34. The third-order valence-electron chi connectivity index (χ3n) is 3.27. The number of hydrogen-bond donors (Lipinski definition) is 1. The molecule has 5 heteroatoms. The van der Waals surface area contributed by atoms with E-state index in [4.69, 9.17) is 0 Å². The number of nitrogens with zero attached hydrogens (tertiary/aromatic N) is 3. The first-order valence-electron chi connectivity index (χ1n) is 6.47. The number of halogens is 1. The summed E-state index contributed by atoms with van der Waals surface area (Å²) in [6.07, 6.45) is 1.86. The van der Waals surface area contributed by atoms with Crippen LogP contribution in [0.15, 0.2) is 42.6 Å². The number of anilines is 1. The van der Waals surface area contributed by atoms with Crippen LogP contribution in [0, 0.1) is 12.7 Å². The second-order valence-corrected chi connectivity index (χ2v) is 4.81. The first kappa shape index (κ1) is 12.6. The molecule has 0 aliphatic carbocycles. The van der Waals surface area contributed by atoms with Crippen LogP contribution in [0.4, 0.5) is 10.3 Å². The maximum atomic E-state index is 12.9. The molecule has 0 spiro atoms. The summed E-state index contributed by atoms with van der Waals surface area (Å²) in [5.41, 5.74) is 2.89. The molecule has 1 unspecified atom stereocenters. The topological polar surface area (TPSA) is 42.2 Å². The van der Waals surface area contributed by atoms with Crippen molar-refractivity contribution < 1.29 is 4.39 Å². The highest BCUT2D eigenvalue weighted by Gasteiger charge is 2.10. The molecule has 0 saturated carbocycles. The van der Waals surface area contributed by atoms with E-state index in [0.717, 1.165) is 16.8 Å². The molecular formula is C15H15FN4. The quantitative estimate of drug-likeness (QED) is 0.793. The zero-order valence-electron chi connectivity index (χ0n) is 11.3. The second-order valence-electron chi connectivity index (χ2n) is 4.81. The van der Waals surface area contributed by atoms with E-state index >= 15 is 0 Å². The van der Waals surface area contributed by atoms with Gasteiger partial charge in [-0.2, -0.15) is 4.98 Å². The number of fused-ring (bicyclic) bond motifs is 1. The van der Waals surface area contributed by atoms with Crippen molar-refractivity contribution in [1.29, 1.82) is 0 Å². The average molecular weight is 270 g/mol. The van der Waals surface area contributed by atoms with Crippen LogP contribution in [0.1, 0.15) is 24.1 Å². The molecule has 0 bridgehead atoms. The molecule has 4 nitrogen and oxygen atoms in total. The average Bonchev–Trinajstić information content (AvgIpc) is 2.83. The number of aromatic nitrogens is 3. The predicted molar refractivity (Wildman–Crippen MR) is 76.2 cm³/mol. The molecule has 1 N–H and O–H groups in total. The lowest BCUT2D eigenvalue weighted by atomic mass is 10.1. The van der Waals surface area contributed by atoms with Gasteiger partial charge in [0.25, 0.3) is 0 Å². The second kappa shape index (κ2) is 4.92. The summed E-state index contributed by atoms with van der Waals surface area (Å²) in [5.74, 6) is 0.332. The highest BCUT2D eigenvalue weighted by Crippen LogP contribution is 2.18. The van der Waals surface area contributed by atoms with Crippen LogP contribution in [0.3, 0.4) is 0 Å². The fraction of sp³-hybridized carbons (Fsp3) is 0.200. The van der Waals surface area contributed by atoms with Gasteiger partial charge in [0.15, 0.2) is 5.65 Å². The molecule has 0 aliphatic heterocycles. The predicted octanol–water partition coefficient (Wildman–Crippen LogP) is 3.35. The van der Waals surface area contributed by atoms with Gasteiger partial charge in [0, 0.05) is 6.20 Å². The fourth-order valence-electron chi connectivity index (χ4n) is 2.13. The lowest BCUT2D eigenvalue weighted by Gasteiger charge is -2.12. The van der Waals surface area contributed by atoms with Crippen LogP contribution in [0.5, 0.6) is 0 Å². The zero-order chi connectivity index (χ0) is 14.1. The minimum Gasteiger partial charge on any atom is -0.346 e. The van der Waals surface area contributed by atoms with Crippen LogP contribution in [-0.2, 0) is 0 Å². The molecule has 3 rings (SSSR count). The lowest BCUT2D eigenvalue weighted by Crippen LogP contribution is -2.07. The summed E-state index contributed by atoms with van der Waals surface area (Å²) >= 11 is 0. The minimum atomic E-state index is -0.234. The van der Waals surface area contributed by atoms with Crippen molar-refractivity contribution in [1.82, 2.24) is 14.6 Å². The summed E-state index contributed by atoms with van der Waals surface area (Å²) in [5, 5.41) is 7.61. The highest BCUT2D eigenvalue weighted by atomic mass is 19.1. The van der Waals surface area contributed by atoms with E-state index in [1.54, 1.807) is 16.6 Å². The SMILES string of the molecule is Cc1cccn2nc(NC(C)c3ccc(F)cc3)nc12. The van der Waals surface area contributed by atoms with E-state index in [1.807, 2.05) is 32.2 Å². The maximum Gasteiger partial charge on any atom is 0.243 e. The Kier molecular flexibility index (Phi) is 3.10. The van der Waals surface area contributed by atoms with Crippen LogP contribution < -0.4 is 5.32 Å². The van der Waals surface area contributed by atoms with Gasteiger partial charge in [-0.3, -0.25) is 0 Å². The van der Waals surface area contributed by atoms with E-state index in [-0.39, 0.29) is 11.9 Å². The maximum absolute atomic E-state index is 12.9. The van der Waals surface area contributed by atoms with Crippen molar-refractivity contribution in [3.05, 3.63) is 59.5 Å². The molecule has 0 amide bonds. The molecule has 2 heterocycles. The number of nitrogens with one attached hydrogen (secondary N) is 1. The molecule has 102 valence electrons. The van der Waals surface area contributed by atoms with Crippen LogP contribution >= 0.6 is 0 Å². The molecule has 20 heavy (non-hydrogen) atoms. The first-order valence-corrected chi connectivity index (χ1v) is 6.47. The Morgan fingerprint density at radius 2 is 1.95 bits per heavy atom. The lowest BCUT2D eigenvalue weighted by molar-refractivity contribution is 0.626. The Balaban J connectivity index is 1.85. The molecule has 1 atom stereocenters. The molecule has 1 aromatic carbocycles. The van der Waals surface area contributed by atoms with Crippen molar-refractivity contribution in [2.24, 2.45) is 0 Å². The van der Waals surface area contributed by atoms with Gasteiger partial charge in [-0.25, -0.2) is 8.91 Å². The van der Waals surface area contributed by atoms with Gasteiger partial charge < -0.3 is 5.32 Å². The monoisotopic (exact) mass is 270 g/mol. The van der Waals surface area contributed by atoms with E-state index in [2.05, 4.69) is 15.4 Å². The molecule has 3 aromatic rings. The standard InChI is InChI=1S/C15H15FN4/c1-10-4-3-9-20-14(10)18-15(19-20)17-11(2)12-5-7-13(16)8-6-12/h3-9,11H,1-2H3,(H,17,19). The summed E-state index contributed by atoms with van der Waals surface area (Å²) in [7, 11) is 0. The summed E-state index contributed by atoms with van der Waals surface area (Å²) in [4.78, 5) is 4.46. The van der Waals surface area contributed by atoms with E-state index in [9.17, 15) is 4.39 Å². The third-order valence-corrected chi connectivity index (χ3v) is 3.27. The number of benzene rings is 1. The molecule has 0 saturated heterocycles. The minimum absolute atomic E-state index is 0.00770. The number of aryl methyl sites for hydroxylation is 1. The van der Waals surface area contributed by atoms with Gasteiger partial charge in [0.2, 0.25) is 5.95 Å². The Morgan fingerprint density at radius 1 is 1.20 bits per heavy atom. The van der Waals surface area contributed by atoms with Crippen molar-refractivity contribution in [2.45, 2.75) is 19.9 Å². The van der Waals surface area contributed by atoms with Gasteiger partial charge in [0.1, 0.15) is 5.82 Å². The summed E-state index contributed by atoms with van der Waals surface area (Å²) in [6.45, 7) is 3.99. The molecule has 2 aromatic heterocycles. The fourth-order valence-corrected chi connectivity index (χ4v) is 2.13. The van der Waals surface area contributed by atoms with Crippen LogP contribution in [0.25, 0.3) is 5.65 Å². The Morgan fingerprint density at radius 3 is 2.65 bits per heavy atom. The Labute approximate surface area is 116 Å². The first-order chi connectivity index (χ1) is 9.63. The molecule has 0 radical (unpaired) electrons. The smallest absolute Gasteiger partial charge is 0.243 e.